The van der Waals surface area contributed by atoms with Crippen molar-refractivity contribution in [2.45, 2.75) is 6.43 Å². The van der Waals surface area contributed by atoms with E-state index in [1.807, 2.05) is 0 Å². The second-order valence-corrected chi connectivity index (χ2v) is 3.93. The summed E-state index contributed by atoms with van der Waals surface area (Å²) in [6.45, 7) is 0. The molecule has 0 spiro atoms. The van der Waals surface area contributed by atoms with Crippen LogP contribution in [0, 0.1) is 0 Å². The number of aromatic nitrogens is 1. The van der Waals surface area contributed by atoms with Crippen LogP contribution in [0.1, 0.15) is 22.5 Å². The summed E-state index contributed by atoms with van der Waals surface area (Å²) in [4.78, 5) is 15.1. The van der Waals surface area contributed by atoms with Crippen LogP contribution in [0.2, 0.25) is 5.02 Å². The van der Waals surface area contributed by atoms with Gasteiger partial charge in [0.25, 0.3) is 12.3 Å². The van der Waals surface area contributed by atoms with Crippen molar-refractivity contribution in [3.8, 4) is 5.75 Å². The number of hydrogen-bond donors (Lipinski definition) is 2. The molecule has 2 aromatic rings. The standard InChI is InChI=1S/C11H7ClF2N2O3/c12-5-1-2-8(17)6(3-5)10(18)16-11-15-7(4-19-11)9(13)14/h1-4,9,17H,(H,15,16,18). The Hall–Kier alpha value is -2.15. The highest BCUT2D eigenvalue weighted by Crippen LogP contribution is 2.23. The van der Waals surface area contributed by atoms with Crippen molar-refractivity contribution in [1.82, 2.24) is 4.98 Å². The number of amides is 1. The van der Waals surface area contributed by atoms with Gasteiger partial charge < -0.3 is 9.52 Å². The molecule has 1 amide bonds. The number of aromatic hydroxyl groups is 1. The molecule has 100 valence electrons. The molecule has 1 aromatic heterocycles. The summed E-state index contributed by atoms with van der Waals surface area (Å²) in [5, 5.41) is 11.9. The van der Waals surface area contributed by atoms with Crippen LogP contribution in [0.3, 0.4) is 0 Å². The van der Waals surface area contributed by atoms with E-state index in [9.17, 15) is 18.7 Å². The first-order valence-corrected chi connectivity index (χ1v) is 5.38. The highest BCUT2D eigenvalue weighted by atomic mass is 35.5. The lowest BCUT2D eigenvalue weighted by Crippen LogP contribution is -2.12. The Morgan fingerprint density at radius 3 is 2.84 bits per heavy atom. The fourth-order valence-corrected chi connectivity index (χ4v) is 1.47. The van der Waals surface area contributed by atoms with Gasteiger partial charge in [-0.2, -0.15) is 4.98 Å². The number of carbonyl (C=O) groups excluding carboxylic acids is 1. The summed E-state index contributed by atoms with van der Waals surface area (Å²) in [5.41, 5.74) is -0.713. The van der Waals surface area contributed by atoms with Gasteiger partial charge in [0.2, 0.25) is 0 Å². The average Bonchev–Trinajstić information content (AvgIpc) is 2.80. The van der Waals surface area contributed by atoms with E-state index in [1.54, 1.807) is 0 Å². The molecule has 2 N–H and O–H groups in total. The van der Waals surface area contributed by atoms with Crippen LogP contribution in [-0.2, 0) is 0 Å². The molecule has 0 aliphatic rings. The number of rotatable bonds is 3. The van der Waals surface area contributed by atoms with Crippen LogP contribution in [-0.4, -0.2) is 16.0 Å². The first-order chi connectivity index (χ1) is 8.97. The number of alkyl halides is 2. The topological polar surface area (TPSA) is 75.4 Å². The Balaban J connectivity index is 2.18. The predicted octanol–water partition coefficient (Wildman–Crippen LogP) is 3.22. The second-order valence-electron chi connectivity index (χ2n) is 3.49. The number of carbonyl (C=O) groups is 1. The summed E-state index contributed by atoms with van der Waals surface area (Å²) in [6.07, 6.45) is -2.06. The molecule has 0 radical (unpaired) electrons. The maximum Gasteiger partial charge on any atom is 0.302 e. The van der Waals surface area contributed by atoms with Gasteiger partial charge in [-0.25, -0.2) is 8.78 Å². The maximum atomic E-state index is 12.3. The first-order valence-electron chi connectivity index (χ1n) is 5.01. The van der Waals surface area contributed by atoms with Crippen molar-refractivity contribution < 1.29 is 23.1 Å². The molecule has 0 saturated carbocycles. The van der Waals surface area contributed by atoms with E-state index in [-0.39, 0.29) is 22.4 Å². The number of phenolic OH excluding ortho intramolecular Hbond substituents is 1. The van der Waals surface area contributed by atoms with E-state index in [4.69, 9.17) is 11.6 Å². The second kappa shape index (κ2) is 5.23. The quantitative estimate of drug-likeness (QED) is 0.909. The number of nitrogens with one attached hydrogen (secondary N) is 1. The number of anilines is 1. The number of hydrogen-bond acceptors (Lipinski definition) is 4. The van der Waals surface area contributed by atoms with Gasteiger partial charge in [0.15, 0.2) is 0 Å². The summed E-state index contributed by atoms with van der Waals surface area (Å²) in [5.74, 6) is -1.08. The molecule has 0 saturated heterocycles. The van der Waals surface area contributed by atoms with Gasteiger partial charge in [-0.1, -0.05) is 11.6 Å². The molecule has 0 unspecified atom stereocenters. The van der Waals surface area contributed by atoms with E-state index in [0.717, 1.165) is 6.26 Å². The van der Waals surface area contributed by atoms with Gasteiger partial charge in [0, 0.05) is 5.02 Å². The zero-order chi connectivity index (χ0) is 14.0. The van der Waals surface area contributed by atoms with E-state index in [2.05, 4.69) is 14.7 Å². The summed E-state index contributed by atoms with van der Waals surface area (Å²) < 4.78 is 29.2. The Bertz CT molecular complexity index is 616. The van der Waals surface area contributed by atoms with E-state index < -0.39 is 18.0 Å². The highest BCUT2D eigenvalue weighted by Gasteiger charge is 2.17. The van der Waals surface area contributed by atoms with Gasteiger partial charge in [0.05, 0.1) is 5.56 Å². The molecule has 2 rings (SSSR count). The lowest BCUT2D eigenvalue weighted by atomic mass is 10.2. The number of phenols is 1. The van der Waals surface area contributed by atoms with Crippen LogP contribution in [0.4, 0.5) is 14.8 Å². The van der Waals surface area contributed by atoms with Crippen LogP contribution in [0.5, 0.6) is 5.75 Å². The number of nitrogens with zero attached hydrogens (tertiary/aromatic N) is 1. The minimum atomic E-state index is -2.80. The molecule has 1 aromatic carbocycles. The minimum absolute atomic E-state index is 0.121. The molecule has 0 aliphatic heterocycles. The van der Waals surface area contributed by atoms with E-state index in [1.165, 1.54) is 18.2 Å². The van der Waals surface area contributed by atoms with E-state index in [0.29, 0.717) is 0 Å². The molecule has 1 heterocycles. The smallest absolute Gasteiger partial charge is 0.302 e. The molecular weight excluding hydrogens is 282 g/mol. The average molecular weight is 289 g/mol. The lowest BCUT2D eigenvalue weighted by molar-refractivity contribution is 0.102. The molecule has 19 heavy (non-hydrogen) atoms. The molecule has 0 bridgehead atoms. The van der Waals surface area contributed by atoms with Gasteiger partial charge in [-0.3, -0.25) is 10.1 Å². The third kappa shape index (κ3) is 3.00. The van der Waals surface area contributed by atoms with Gasteiger partial charge in [-0.15, -0.1) is 0 Å². The summed E-state index contributed by atoms with van der Waals surface area (Å²) >= 11 is 5.68. The highest BCUT2D eigenvalue weighted by molar-refractivity contribution is 6.31. The van der Waals surface area contributed by atoms with Gasteiger partial charge in [-0.05, 0) is 18.2 Å². The van der Waals surface area contributed by atoms with Crippen molar-refractivity contribution in [3.05, 3.63) is 40.7 Å². The fraction of sp³-hybridized carbons (Fsp3) is 0.0909. The van der Waals surface area contributed by atoms with Crippen molar-refractivity contribution in [1.29, 1.82) is 0 Å². The van der Waals surface area contributed by atoms with Crippen molar-refractivity contribution in [2.24, 2.45) is 0 Å². The Labute approximate surface area is 110 Å². The number of halogens is 3. The molecule has 0 atom stereocenters. The third-order valence-electron chi connectivity index (χ3n) is 2.17. The van der Waals surface area contributed by atoms with Crippen molar-refractivity contribution in [3.63, 3.8) is 0 Å². The van der Waals surface area contributed by atoms with Crippen molar-refractivity contribution >= 4 is 23.5 Å². The van der Waals surface area contributed by atoms with Crippen LogP contribution in [0.25, 0.3) is 0 Å². The Kier molecular flexibility index (Phi) is 3.66. The number of benzene rings is 1. The summed E-state index contributed by atoms with van der Waals surface area (Å²) in [7, 11) is 0. The first kappa shape index (κ1) is 13.3. The van der Waals surface area contributed by atoms with Crippen LogP contribution in [0.15, 0.2) is 28.9 Å². The zero-order valence-electron chi connectivity index (χ0n) is 9.23. The number of oxazole rings is 1. The van der Waals surface area contributed by atoms with Gasteiger partial charge >= 0.3 is 6.01 Å². The fourth-order valence-electron chi connectivity index (χ4n) is 1.30. The Morgan fingerprint density at radius 2 is 2.21 bits per heavy atom. The summed E-state index contributed by atoms with van der Waals surface area (Å²) in [6, 6.07) is 3.47. The molecule has 0 fully saturated rings. The molecular formula is C11H7ClF2N2O3. The monoisotopic (exact) mass is 288 g/mol. The zero-order valence-corrected chi connectivity index (χ0v) is 9.99. The normalized spacial score (nSPS) is 10.7. The van der Waals surface area contributed by atoms with Gasteiger partial charge in [0.1, 0.15) is 17.7 Å². The molecule has 5 nitrogen and oxygen atoms in total. The van der Waals surface area contributed by atoms with E-state index >= 15 is 0 Å². The predicted molar refractivity (Wildman–Crippen MR) is 62.5 cm³/mol. The molecule has 0 aliphatic carbocycles. The molecule has 8 heteroatoms. The van der Waals surface area contributed by atoms with Crippen LogP contribution < -0.4 is 5.32 Å². The third-order valence-corrected chi connectivity index (χ3v) is 2.40. The van der Waals surface area contributed by atoms with Crippen molar-refractivity contribution in [2.75, 3.05) is 5.32 Å². The lowest BCUT2D eigenvalue weighted by Gasteiger charge is -2.03. The Morgan fingerprint density at radius 1 is 1.47 bits per heavy atom. The van der Waals surface area contributed by atoms with Crippen LogP contribution >= 0.6 is 11.6 Å². The SMILES string of the molecule is O=C(Nc1nc(C(F)F)co1)c1cc(Cl)ccc1O. The largest absolute Gasteiger partial charge is 0.507 e. The minimum Gasteiger partial charge on any atom is -0.507 e. The maximum absolute atomic E-state index is 12.3.